The van der Waals surface area contributed by atoms with Crippen molar-refractivity contribution < 1.29 is 14.3 Å². The van der Waals surface area contributed by atoms with Crippen molar-refractivity contribution >= 4 is 40.5 Å². The molecule has 0 radical (unpaired) electrons. The fourth-order valence-corrected chi connectivity index (χ4v) is 5.62. The maximum absolute atomic E-state index is 12.9. The van der Waals surface area contributed by atoms with E-state index in [4.69, 9.17) is 16.6 Å². The van der Waals surface area contributed by atoms with E-state index in [9.17, 15) is 9.59 Å². The standard InChI is InChI=1S/C26H30ClN5O3S/c1-15-16(2)36-26-23(15)24(18-9-11-19(27)12-10-18)29-20(25-31-30-17(3)32(25)26)14-21(33)28-13-7-5-6-8-22(34)35-4/h9-12,20H,5-8,13-14H2,1-4H3,(H,28,33)/t20-/m0/s1. The number of nitrogens with zero attached hydrogens (tertiary/aromatic N) is 4. The SMILES string of the molecule is COC(=O)CCCCCNC(=O)C[C@@H]1N=C(c2ccc(Cl)cc2)c2c(sc(C)c2C)-n2c(C)nnc21. The second-order valence-electron chi connectivity index (χ2n) is 8.85. The van der Waals surface area contributed by atoms with Crippen LogP contribution in [0.4, 0.5) is 0 Å². The van der Waals surface area contributed by atoms with E-state index >= 15 is 0 Å². The molecule has 2 aromatic heterocycles. The van der Waals surface area contributed by atoms with E-state index in [-0.39, 0.29) is 18.3 Å². The molecule has 1 N–H and O–H groups in total. The number of hydrogen-bond donors (Lipinski definition) is 1. The summed E-state index contributed by atoms with van der Waals surface area (Å²) in [5.41, 5.74) is 3.96. The van der Waals surface area contributed by atoms with Gasteiger partial charge in [0.25, 0.3) is 0 Å². The zero-order valence-corrected chi connectivity index (χ0v) is 22.5. The molecule has 0 aliphatic carbocycles. The number of methoxy groups -OCH3 is 1. The Balaban J connectivity index is 1.59. The Kier molecular flexibility index (Phi) is 8.21. The third-order valence-corrected chi connectivity index (χ3v) is 7.79. The number of hydrogen-bond acceptors (Lipinski definition) is 7. The van der Waals surface area contributed by atoms with E-state index in [0.717, 1.165) is 52.5 Å². The van der Waals surface area contributed by atoms with Crippen molar-refractivity contribution in [3.05, 3.63) is 62.5 Å². The first kappa shape index (κ1) is 26.0. The molecular weight excluding hydrogens is 498 g/mol. The van der Waals surface area contributed by atoms with E-state index in [0.29, 0.717) is 23.8 Å². The number of carbonyl (C=O) groups excluding carboxylic acids is 2. The van der Waals surface area contributed by atoms with Gasteiger partial charge in [0.2, 0.25) is 5.91 Å². The molecule has 10 heteroatoms. The smallest absolute Gasteiger partial charge is 0.305 e. The van der Waals surface area contributed by atoms with Gasteiger partial charge in [0, 0.05) is 34.0 Å². The van der Waals surface area contributed by atoms with Crippen LogP contribution in [-0.2, 0) is 14.3 Å². The summed E-state index contributed by atoms with van der Waals surface area (Å²) in [6.45, 7) is 6.66. The van der Waals surface area contributed by atoms with Crippen LogP contribution in [0.1, 0.15) is 71.4 Å². The van der Waals surface area contributed by atoms with Gasteiger partial charge < -0.3 is 10.1 Å². The molecule has 3 heterocycles. The molecule has 4 rings (SSSR count). The molecule has 1 amide bonds. The maximum Gasteiger partial charge on any atom is 0.305 e. The molecule has 1 aliphatic heterocycles. The first-order valence-electron chi connectivity index (χ1n) is 12.0. The van der Waals surface area contributed by atoms with E-state index < -0.39 is 6.04 Å². The average Bonchev–Trinajstić information content (AvgIpc) is 3.33. The number of benzene rings is 1. The van der Waals surface area contributed by atoms with Crippen LogP contribution in [0.5, 0.6) is 0 Å². The molecule has 0 spiro atoms. The molecule has 0 unspecified atom stereocenters. The minimum atomic E-state index is -0.490. The average molecular weight is 528 g/mol. The lowest BCUT2D eigenvalue weighted by Crippen LogP contribution is -2.26. The van der Waals surface area contributed by atoms with Gasteiger partial charge in [-0.3, -0.25) is 19.1 Å². The molecule has 1 aromatic carbocycles. The zero-order valence-electron chi connectivity index (χ0n) is 20.9. The highest BCUT2D eigenvalue weighted by Crippen LogP contribution is 2.39. The summed E-state index contributed by atoms with van der Waals surface area (Å²) < 4.78 is 6.70. The Bertz CT molecular complexity index is 1300. The summed E-state index contributed by atoms with van der Waals surface area (Å²) in [7, 11) is 1.39. The third kappa shape index (κ3) is 5.52. The van der Waals surface area contributed by atoms with Gasteiger partial charge in [0.1, 0.15) is 16.9 Å². The normalized spacial score (nSPS) is 14.5. The fraction of sp³-hybridized carbons (Fsp3) is 0.423. The van der Waals surface area contributed by atoms with Gasteiger partial charge in [-0.25, -0.2) is 0 Å². The molecule has 3 aromatic rings. The van der Waals surface area contributed by atoms with E-state index in [1.54, 1.807) is 11.3 Å². The van der Waals surface area contributed by atoms with Crippen LogP contribution >= 0.6 is 22.9 Å². The van der Waals surface area contributed by atoms with Crippen LogP contribution in [0.15, 0.2) is 29.3 Å². The number of amides is 1. The van der Waals surface area contributed by atoms with Gasteiger partial charge in [-0.15, -0.1) is 21.5 Å². The predicted molar refractivity (Wildman–Crippen MR) is 141 cm³/mol. The minimum Gasteiger partial charge on any atom is -0.469 e. The van der Waals surface area contributed by atoms with Crippen LogP contribution < -0.4 is 5.32 Å². The molecule has 0 bridgehead atoms. The number of unbranched alkanes of at least 4 members (excludes halogenated alkanes) is 2. The number of aryl methyl sites for hydroxylation is 2. The van der Waals surface area contributed by atoms with Crippen molar-refractivity contribution in [2.75, 3.05) is 13.7 Å². The summed E-state index contributed by atoms with van der Waals surface area (Å²) >= 11 is 7.84. The van der Waals surface area contributed by atoms with Crippen LogP contribution in [-0.4, -0.2) is 46.0 Å². The number of halogens is 1. The zero-order chi connectivity index (χ0) is 25.8. The quantitative estimate of drug-likeness (QED) is 0.310. The van der Waals surface area contributed by atoms with Gasteiger partial charge in [0.05, 0.1) is 19.2 Å². The number of rotatable bonds is 9. The number of aliphatic imine (C=N–C) groups is 1. The predicted octanol–water partition coefficient (Wildman–Crippen LogP) is 5.04. The molecule has 0 saturated carbocycles. The molecule has 1 atom stereocenters. The summed E-state index contributed by atoms with van der Waals surface area (Å²) in [5, 5.41) is 13.4. The van der Waals surface area contributed by atoms with Gasteiger partial charge in [-0.1, -0.05) is 30.2 Å². The number of carbonyl (C=O) groups is 2. The van der Waals surface area contributed by atoms with Crippen molar-refractivity contribution in [3.63, 3.8) is 0 Å². The molecule has 0 fully saturated rings. The molecule has 8 nitrogen and oxygen atoms in total. The van der Waals surface area contributed by atoms with Gasteiger partial charge in [0.15, 0.2) is 5.82 Å². The topological polar surface area (TPSA) is 98.5 Å². The third-order valence-electron chi connectivity index (χ3n) is 6.34. The van der Waals surface area contributed by atoms with Crippen molar-refractivity contribution in [1.82, 2.24) is 20.1 Å². The Morgan fingerprint density at radius 1 is 1.11 bits per heavy atom. The van der Waals surface area contributed by atoms with Gasteiger partial charge in [-0.05, 0) is 51.3 Å². The van der Waals surface area contributed by atoms with Gasteiger partial charge in [-0.2, -0.15) is 0 Å². The Morgan fingerprint density at radius 2 is 1.86 bits per heavy atom. The molecular formula is C26H30ClN5O3S. The lowest BCUT2D eigenvalue weighted by Gasteiger charge is -2.13. The first-order valence-corrected chi connectivity index (χ1v) is 13.2. The van der Waals surface area contributed by atoms with Crippen LogP contribution in [0, 0.1) is 20.8 Å². The summed E-state index contributed by atoms with van der Waals surface area (Å²) in [4.78, 5) is 30.5. The van der Waals surface area contributed by atoms with Crippen LogP contribution in [0.25, 0.3) is 5.00 Å². The number of fused-ring (bicyclic) bond motifs is 3. The molecule has 190 valence electrons. The number of nitrogens with one attached hydrogen (secondary N) is 1. The molecule has 36 heavy (non-hydrogen) atoms. The van der Waals surface area contributed by atoms with E-state index in [2.05, 4.69) is 34.1 Å². The monoisotopic (exact) mass is 527 g/mol. The van der Waals surface area contributed by atoms with Crippen molar-refractivity contribution in [3.8, 4) is 5.00 Å². The highest BCUT2D eigenvalue weighted by molar-refractivity contribution is 7.15. The van der Waals surface area contributed by atoms with Crippen molar-refractivity contribution in [1.29, 1.82) is 0 Å². The van der Waals surface area contributed by atoms with Gasteiger partial charge >= 0.3 is 5.97 Å². The Hall–Kier alpha value is -3.04. The summed E-state index contributed by atoms with van der Waals surface area (Å²) in [6, 6.07) is 7.14. The number of aromatic nitrogens is 3. The largest absolute Gasteiger partial charge is 0.469 e. The first-order chi connectivity index (χ1) is 17.3. The Labute approximate surface area is 219 Å². The lowest BCUT2D eigenvalue weighted by molar-refractivity contribution is -0.140. The minimum absolute atomic E-state index is 0.0995. The van der Waals surface area contributed by atoms with Crippen LogP contribution in [0.3, 0.4) is 0 Å². The lowest BCUT2D eigenvalue weighted by atomic mass is 9.99. The van der Waals surface area contributed by atoms with Crippen molar-refractivity contribution in [2.24, 2.45) is 4.99 Å². The highest BCUT2D eigenvalue weighted by Gasteiger charge is 2.32. The van der Waals surface area contributed by atoms with Crippen LogP contribution in [0.2, 0.25) is 5.02 Å². The fourth-order valence-electron chi connectivity index (χ4n) is 4.28. The number of thiophene rings is 1. The maximum atomic E-state index is 12.9. The molecule has 1 aliphatic rings. The number of esters is 1. The number of ether oxygens (including phenoxy) is 1. The van der Waals surface area contributed by atoms with E-state index in [1.807, 2.05) is 35.8 Å². The molecule has 0 saturated heterocycles. The second-order valence-corrected chi connectivity index (χ2v) is 10.5. The summed E-state index contributed by atoms with van der Waals surface area (Å²) in [5.74, 6) is 1.11. The highest BCUT2D eigenvalue weighted by atomic mass is 35.5. The van der Waals surface area contributed by atoms with E-state index in [1.165, 1.54) is 12.0 Å². The Morgan fingerprint density at radius 3 is 2.58 bits per heavy atom. The second kappa shape index (κ2) is 11.3. The van der Waals surface area contributed by atoms with Crippen molar-refractivity contribution in [2.45, 2.75) is 58.9 Å². The summed E-state index contributed by atoms with van der Waals surface area (Å²) in [6.07, 6.45) is 2.92.